The molecule has 0 unspecified atom stereocenters. The number of amides is 1. The first-order valence-corrected chi connectivity index (χ1v) is 9.85. The fourth-order valence-electron chi connectivity index (χ4n) is 3.70. The number of anilines is 1. The predicted molar refractivity (Wildman–Crippen MR) is 102 cm³/mol. The van der Waals surface area contributed by atoms with Crippen molar-refractivity contribution in [3.63, 3.8) is 0 Å². The van der Waals surface area contributed by atoms with Crippen LogP contribution in [-0.4, -0.2) is 70.0 Å². The van der Waals surface area contributed by atoms with E-state index in [2.05, 4.69) is 20.4 Å². The minimum atomic E-state index is 0.0651. The number of fused-ring (bicyclic) bond motifs is 1. The van der Waals surface area contributed by atoms with Crippen molar-refractivity contribution in [2.75, 3.05) is 44.8 Å². The van der Waals surface area contributed by atoms with Gasteiger partial charge in [0, 0.05) is 32.2 Å². The number of aryl methyl sites for hydroxylation is 1. The van der Waals surface area contributed by atoms with Crippen LogP contribution in [0.5, 0.6) is 5.88 Å². The minimum absolute atomic E-state index is 0.0651. The Morgan fingerprint density at radius 1 is 1.32 bits per heavy atom. The smallest absolute Gasteiger partial charge is 0.257 e. The van der Waals surface area contributed by atoms with E-state index in [0.717, 1.165) is 43.0 Å². The first kappa shape index (κ1) is 18.7. The molecular formula is C19H26N6O3. The first-order chi connectivity index (χ1) is 13.7. The summed E-state index contributed by atoms with van der Waals surface area (Å²) in [4.78, 5) is 23.1. The number of carbonyl (C=O) groups excluding carboxylic acids is 1. The molecule has 0 saturated carbocycles. The topological polar surface area (TPSA) is 94.4 Å². The average molecular weight is 386 g/mol. The summed E-state index contributed by atoms with van der Waals surface area (Å²) in [7, 11) is 0. The molecule has 1 saturated heterocycles. The van der Waals surface area contributed by atoms with Gasteiger partial charge >= 0.3 is 0 Å². The van der Waals surface area contributed by atoms with Crippen LogP contribution in [0.3, 0.4) is 0 Å². The Kier molecular flexibility index (Phi) is 5.70. The summed E-state index contributed by atoms with van der Waals surface area (Å²) >= 11 is 0. The molecule has 1 atom stereocenters. The Morgan fingerprint density at radius 3 is 3.00 bits per heavy atom. The van der Waals surface area contributed by atoms with Crippen LogP contribution in [0.4, 0.5) is 5.82 Å². The highest BCUT2D eigenvalue weighted by atomic mass is 16.5. The zero-order chi connectivity index (χ0) is 19.3. The molecule has 1 N–H and O–H groups in total. The van der Waals surface area contributed by atoms with Crippen LogP contribution in [0.1, 0.15) is 29.4 Å². The summed E-state index contributed by atoms with van der Waals surface area (Å²) in [5.74, 6) is 1.79. The van der Waals surface area contributed by atoms with E-state index in [1.54, 1.807) is 6.20 Å². The van der Waals surface area contributed by atoms with Gasteiger partial charge in [-0.05, 0) is 25.7 Å². The van der Waals surface area contributed by atoms with Crippen LogP contribution in [0, 0.1) is 5.92 Å². The third-order valence-electron chi connectivity index (χ3n) is 5.21. The molecule has 4 rings (SSSR count). The zero-order valence-electron chi connectivity index (χ0n) is 16.1. The van der Waals surface area contributed by atoms with Crippen molar-refractivity contribution < 1.29 is 14.3 Å². The molecule has 0 radical (unpaired) electrons. The lowest BCUT2D eigenvalue weighted by molar-refractivity contribution is 0.0301. The minimum Gasteiger partial charge on any atom is -0.478 e. The highest BCUT2D eigenvalue weighted by Gasteiger charge is 2.28. The molecule has 2 aromatic heterocycles. The number of nitrogens with zero attached hydrogens (tertiary/aromatic N) is 5. The van der Waals surface area contributed by atoms with Crippen LogP contribution in [0.15, 0.2) is 18.6 Å². The van der Waals surface area contributed by atoms with Gasteiger partial charge in [0.2, 0.25) is 5.88 Å². The molecular weight excluding hydrogens is 360 g/mol. The van der Waals surface area contributed by atoms with Crippen molar-refractivity contribution in [3.8, 4) is 5.88 Å². The van der Waals surface area contributed by atoms with Crippen LogP contribution in [0.25, 0.3) is 0 Å². The normalized spacial score (nSPS) is 19.2. The molecule has 1 fully saturated rings. The van der Waals surface area contributed by atoms with E-state index < -0.39 is 0 Å². The molecule has 1 amide bonds. The van der Waals surface area contributed by atoms with Crippen molar-refractivity contribution >= 4 is 11.7 Å². The second kappa shape index (κ2) is 8.55. The molecule has 9 heteroatoms. The number of morpholine rings is 1. The second-order valence-electron chi connectivity index (χ2n) is 7.05. The van der Waals surface area contributed by atoms with E-state index in [9.17, 15) is 4.79 Å². The lowest BCUT2D eigenvalue weighted by atomic mass is 9.94. The highest BCUT2D eigenvalue weighted by Crippen LogP contribution is 2.25. The molecule has 2 aromatic rings. The summed E-state index contributed by atoms with van der Waals surface area (Å²) in [5, 5.41) is 7.81. The van der Waals surface area contributed by atoms with E-state index in [1.165, 1.54) is 6.33 Å². The third kappa shape index (κ3) is 4.09. The molecule has 0 bridgehead atoms. The van der Waals surface area contributed by atoms with Crippen molar-refractivity contribution in [2.24, 2.45) is 5.92 Å². The Morgan fingerprint density at radius 2 is 2.18 bits per heavy atom. The van der Waals surface area contributed by atoms with Gasteiger partial charge in [-0.15, -0.1) is 0 Å². The SMILES string of the molecule is CCOc1cc(NC[C@H]2CCn3ncc(C(=O)N4CCOCC4)c3C2)ncn1. The van der Waals surface area contributed by atoms with Gasteiger partial charge in [-0.2, -0.15) is 5.10 Å². The molecule has 150 valence electrons. The molecule has 0 aliphatic carbocycles. The lowest BCUT2D eigenvalue weighted by Gasteiger charge is -2.28. The molecule has 0 spiro atoms. The standard InChI is InChI=1S/C19H26N6O3/c1-2-28-18-10-17(21-13-22-18)20-11-14-3-4-25-16(9-14)15(12-23-25)19(26)24-5-7-27-8-6-24/h10,12-14H,2-9,11H2,1H3,(H,20,21,22)/t14-/m0/s1. The predicted octanol–water partition coefficient (Wildman–Crippen LogP) is 1.22. The number of aromatic nitrogens is 4. The average Bonchev–Trinajstić information content (AvgIpc) is 3.16. The van der Waals surface area contributed by atoms with E-state index in [0.29, 0.717) is 44.7 Å². The second-order valence-corrected chi connectivity index (χ2v) is 7.05. The number of nitrogens with one attached hydrogen (secondary N) is 1. The molecule has 9 nitrogen and oxygen atoms in total. The Balaban J connectivity index is 1.39. The first-order valence-electron chi connectivity index (χ1n) is 9.85. The van der Waals surface area contributed by atoms with Crippen LogP contribution < -0.4 is 10.1 Å². The van der Waals surface area contributed by atoms with Crippen LogP contribution in [0.2, 0.25) is 0 Å². The zero-order valence-corrected chi connectivity index (χ0v) is 16.1. The van der Waals surface area contributed by atoms with Crippen molar-refractivity contribution in [1.82, 2.24) is 24.6 Å². The van der Waals surface area contributed by atoms with Gasteiger partial charge in [-0.3, -0.25) is 9.48 Å². The van der Waals surface area contributed by atoms with Gasteiger partial charge in [0.05, 0.1) is 37.3 Å². The summed E-state index contributed by atoms with van der Waals surface area (Å²) in [6.07, 6.45) is 5.06. The van der Waals surface area contributed by atoms with Gasteiger partial charge in [0.15, 0.2) is 0 Å². The van der Waals surface area contributed by atoms with E-state index in [1.807, 2.05) is 22.6 Å². The van der Waals surface area contributed by atoms with Crippen molar-refractivity contribution in [3.05, 3.63) is 29.8 Å². The fourth-order valence-corrected chi connectivity index (χ4v) is 3.70. The summed E-state index contributed by atoms with van der Waals surface area (Å²) in [6, 6.07) is 1.81. The van der Waals surface area contributed by atoms with E-state index >= 15 is 0 Å². The van der Waals surface area contributed by atoms with Crippen LogP contribution >= 0.6 is 0 Å². The molecule has 28 heavy (non-hydrogen) atoms. The Bertz CT molecular complexity index is 818. The third-order valence-corrected chi connectivity index (χ3v) is 5.21. The maximum Gasteiger partial charge on any atom is 0.257 e. The summed E-state index contributed by atoms with van der Waals surface area (Å²) in [5.41, 5.74) is 1.76. The number of hydrogen-bond donors (Lipinski definition) is 1. The van der Waals surface area contributed by atoms with Gasteiger partial charge in [-0.25, -0.2) is 9.97 Å². The summed E-state index contributed by atoms with van der Waals surface area (Å²) < 4.78 is 12.7. The maximum absolute atomic E-state index is 12.9. The molecule has 2 aliphatic rings. The molecule has 2 aliphatic heterocycles. The van der Waals surface area contributed by atoms with Gasteiger partial charge < -0.3 is 19.7 Å². The number of carbonyl (C=O) groups is 1. The largest absolute Gasteiger partial charge is 0.478 e. The number of rotatable bonds is 6. The fraction of sp³-hybridized carbons (Fsp3) is 0.579. The Labute approximate surface area is 164 Å². The lowest BCUT2D eigenvalue weighted by Crippen LogP contribution is -2.41. The number of hydrogen-bond acceptors (Lipinski definition) is 7. The van der Waals surface area contributed by atoms with Crippen molar-refractivity contribution in [2.45, 2.75) is 26.3 Å². The van der Waals surface area contributed by atoms with Gasteiger partial charge in [0.25, 0.3) is 5.91 Å². The van der Waals surface area contributed by atoms with Crippen LogP contribution in [-0.2, 0) is 17.7 Å². The van der Waals surface area contributed by atoms with Gasteiger partial charge in [-0.1, -0.05) is 0 Å². The van der Waals surface area contributed by atoms with Crippen molar-refractivity contribution in [1.29, 1.82) is 0 Å². The maximum atomic E-state index is 12.9. The quantitative estimate of drug-likeness (QED) is 0.798. The van der Waals surface area contributed by atoms with E-state index in [4.69, 9.17) is 9.47 Å². The molecule has 4 heterocycles. The number of ether oxygens (including phenoxy) is 2. The Hall–Kier alpha value is -2.68. The monoisotopic (exact) mass is 386 g/mol. The summed E-state index contributed by atoms with van der Waals surface area (Å²) in [6.45, 7) is 6.59. The van der Waals surface area contributed by atoms with E-state index in [-0.39, 0.29) is 5.91 Å². The molecule has 0 aromatic carbocycles. The highest BCUT2D eigenvalue weighted by molar-refractivity contribution is 5.95. The van der Waals surface area contributed by atoms with Gasteiger partial charge in [0.1, 0.15) is 12.1 Å².